The van der Waals surface area contributed by atoms with Crippen molar-refractivity contribution in [3.63, 3.8) is 0 Å². The predicted octanol–water partition coefficient (Wildman–Crippen LogP) is 5.15. The van der Waals surface area contributed by atoms with Gasteiger partial charge in [-0.1, -0.05) is 60.7 Å². The number of fused-ring (bicyclic) bond motifs is 3. The molecule has 1 aliphatic rings. The zero-order valence-corrected chi connectivity index (χ0v) is 11.8. The van der Waals surface area contributed by atoms with E-state index >= 15 is 0 Å². The Kier molecular flexibility index (Phi) is 3.42. The first kappa shape index (κ1) is 12.7. The van der Waals surface area contributed by atoms with Gasteiger partial charge in [-0.3, -0.25) is 0 Å². The standard InChI is InChI=1S/C19H18O/c1-14(2)20-19-13-7-9-15-8-3-4-10-16(15)17-11-5-6-12-18(17)19/h3-14H,1-2H3/b9-7-,13-7?,15-9?,17-16?,19-13+,19-18?. The number of hydrogen-bond acceptors (Lipinski definition) is 1. The van der Waals surface area contributed by atoms with Gasteiger partial charge in [0.25, 0.3) is 0 Å². The zero-order valence-electron chi connectivity index (χ0n) is 11.8. The highest BCUT2D eigenvalue weighted by atomic mass is 16.5. The second-order valence-electron chi connectivity index (χ2n) is 5.19. The summed E-state index contributed by atoms with van der Waals surface area (Å²) in [6, 6.07) is 16.9. The van der Waals surface area contributed by atoms with E-state index in [1.807, 2.05) is 0 Å². The SMILES string of the molecule is CC(C)O/C1=C/C=C\c2ccccc2-c2ccccc21. The minimum atomic E-state index is 0.164. The van der Waals surface area contributed by atoms with Gasteiger partial charge in [-0.05, 0) is 36.6 Å². The molecular weight excluding hydrogens is 244 g/mol. The van der Waals surface area contributed by atoms with Crippen LogP contribution in [-0.4, -0.2) is 6.10 Å². The molecule has 0 unspecified atom stereocenters. The maximum Gasteiger partial charge on any atom is 0.127 e. The van der Waals surface area contributed by atoms with Crippen LogP contribution in [0.2, 0.25) is 0 Å². The van der Waals surface area contributed by atoms with Gasteiger partial charge in [0.05, 0.1) is 6.10 Å². The van der Waals surface area contributed by atoms with Crippen LogP contribution in [0.4, 0.5) is 0 Å². The molecule has 0 aromatic heterocycles. The summed E-state index contributed by atoms with van der Waals surface area (Å²) in [7, 11) is 0. The molecule has 3 rings (SSSR count). The van der Waals surface area contributed by atoms with Crippen LogP contribution < -0.4 is 0 Å². The van der Waals surface area contributed by atoms with E-state index in [1.54, 1.807) is 0 Å². The Morgan fingerprint density at radius 2 is 1.45 bits per heavy atom. The van der Waals surface area contributed by atoms with Crippen molar-refractivity contribution < 1.29 is 4.74 Å². The van der Waals surface area contributed by atoms with Crippen LogP contribution in [0, 0.1) is 0 Å². The average Bonchev–Trinajstić information content (AvgIpc) is 2.45. The number of allylic oxidation sites excluding steroid dienone is 2. The van der Waals surface area contributed by atoms with E-state index in [0.717, 1.165) is 11.3 Å². The monoisotopic (exact) mass is 262 g/mol. The van der Waals surface area contributed by atoms with E-state index < -0.39 is 0 Å². The molecule has 0 spiro atoms. The third-order valence-corrected chi connectivity index (χ3v) is 3.33. The van der Waals surface area contributed by atoms with Crippen LogP contribution in [0.15, 0.2) is 60.7 Å². The molecule has 100 valence electrons. The van der Waals surface area contributed by atoms with Gasteiger partial charge >= 0.3 is 0 Å². The van der Waals surface area contributed by atoms with Crippen LogP contribution in [0.5, 0.6) is 0 Å². The largest absolute Gasteiger partial charge is 0.490 e. The second kappa shape index (κ2) is 5.38. The third-order valence-electron chi connectivity index (χ3n) is 3.33. The quantitative estimate of drug-likeness (QED) is 0.727. The summed E-state index contributed by atoms with van der Waals surface area (Å²) in [5.41, 5.74) is 4.86. The molecule has 0 saturated heterocycles. The molecular formula is C19H18O. The van der Waals surface area contributed by atoms with E-state index in [2.05, 4.69) is 80.6 Å². The minimum Gasteiger partial charge on any atom is -0.490 e. The van der Waals surface area contributed by atoms with Crippen molar-refractivity contribution in [2.75, 3.05) is 0 Å². The summed E-state index contributed by atoms with van der Waals surface area (Å²) in [4.78, 5) is 0. The highest BCUT2D eigenvalue weighted by Crippen LogP contribution is 2.34. The fraction of sp³-hybridized carbons (Fsp3) is 0.158. The molecule has 2 aromatic carbocycles. The molecule has 0 aliphatic heterocycles. The van der Waals surface area contributed by atoms with Crippen LogP contribution >= 0.6 is 0 Å². The van der Waals surface area contributed by atoms with Gasteiger partial charge in [-0.2, -0.15) is 0 Å². The van der Waals surface area contributed by atoms with E-state index in [4.69, 9.17) is 4.74 Å². The molecule has 2 aromatic rings. The van der Waals surface area contributed by atoms with E-state index in [9.17, 15) is 0 Å². The van der Waals surface area contributed by atoms with Crippen molar-refractivity contribution in [2.45, 2.75) is 20.0 Å². The van der Waals surface area contributed by atoms with Gasteiger partial charge in [0, 0.05) is 5.56 Å². The molecule has 1 nitrogen and oxygen atoms in total. The Labute approximate surface area is 120 Å². The fourth-order valence-corrected chi connectivity index (χ4v) is 2.51. The Balaban J connectivity index is 2.21. The summed E-state index contributed by atoms with van der Waals surface area (Å²) in [6.07, 6.45) is 6.41. The van der Waals surface area contributed by atoms with Crippen molar-refractivity contribution in [2.24, 2.45) is 0 Å². The lowest BCUT2D eigenvalue weighted by Crippen LogP contribution is -2.03. The van der Waals surface area contributed by atoms with Gasteiger partial charge in [-0.15, -0.1) is 0 Å². The topological polar surface area (TPSA) is 9.23 Å². The molecule has 1 aliphatic carbocycles. The van der Waals surface area contributed by atoms with Gasteiger partial charge in [0.1, 0.15) is 5.76 Å². The molecule has 0 atom stereocenters. The molecule has 0 N–H and O–H groups in total. The first-order chi connectivity index (χ1) is 9.75. The van der Waals surface area contributed by atoms with Crippen molar-refractivity contribution in [3.05, 3.63) is 71.8 Å². The van der Waals surface area contributed by atoms with Gasteiger partial charge in [0.15, 0.2) is 0 Å². The Hall–Kier alpha value is -2.28. The van der Waals surface area contributed by atoms with Crippen molar-refractivity contribution in [1.29, 1.82) is 0 Å². The van der Waals surface area contributed by atoms with E-state index in [-0.39, 0.29) is 6.10 Å². The van der Waals surface area contributed by atoms with Crippen LogP contribution in [0.25, 0.3) is 23.0 Å². The third kappa shape index (κ3) is 2.39. The molecule has 0 fully saturated rings. The molecule has 0 amide bonds. The smallest absolute Gasteiger partial charge is 0.127 e. The Bertz CT molecular complexity index is 678. The minimum absolute atomic E-state index is 0.164. The molecule has 0 heterocycles. The molecule has 0 radical (unpaired) electrons. The summed E-state index contributed by atoms with van der Waals surface area (Å²) in [5, 5.41) is 0. The normalized spacial score (nSPS) is 17.2. The predicted molar refractivity (Wildman–Crippen MR) is 85.1 cm³/mol. The highest BCUT2D eigenvalue weighted by Gasteiger charge is 2.14. The average molecular weight is 262 g/mol. The zero-order chi connectivity index (χ0) is 13.9. The maximum atomic E-state index is 5.98. The Morgan fingerprint density at radius 3 is 2.20 bits per heavy atom. The van der Waals surface area contributed by atoms with Gasteiger partial charge in [0.2, 0.25) is 0 Å². The first-order valence-corrected chi connectivity index (χ1v) is 6.99. The fourth-order valence-electron chi connectivity index (χ4n) is 2.51. The van der Waals surface area contributed by atoms with Crippen LogP contribution in [-0.2, 0) is 4.74 Å². The summed E-state index contributed by atoms with van der Waals surface area (Å²) in [6.45, 7) is 4.11. The van der Waals surface area contributed by atoms with Crippen molar-refractivity contribution in [3.8, 4) is 11.1 Å². The first-order valence-electron chi connectivity index (χ1n) is 6.99. The number of benzene rings is 2. The van der Waals surface area contributed by atoms with E-state index in [0.29, 0.717) is 0 Å². The van der Waals surface area contributed by atoms with Crippen LogP contribution in [0.3, 0.4) is 0 Å². The highest BCUT2D eigenvalue weighted by molar-refractivity contribution is 5.86. The maximum absolute atomic E-state index is 5.98. The lowest BCUT2D eigenvalue weighted by Gasteiger charge is -2.19. The lowest BCUT2D eigenvalue weighted by atomic mass is 9.92. The molecule has 20 heavy (non-hydrogen) atoms. The summed E-state index contributed by atoms with van der Waals surface area (Å²) in [5.74, 6) is 0.932. The Morgan fingerprint density at radius 1 is 0.800 bits per heavy atom. The number of ether oxygens (including phenoxy) is 1. The second-order valence-corrected chi connectivity index (χ2v) is 5.19. The van der Waals surface area contributed by atoms with Gasteiger partial charge < -0.3 is 4.74 Å². The molecule has 0 bridgehead atoms. The molecule has 1 heteroatoms. The van der Waals surface area contributed by atoms with Crippen LogP contribution in [0.1, 0.15) is 25.0 Å². The number of rotatable bonds is 2. The van der Waals surface area contributed by atoms with E-state index in [1.165, 1.54) is 16.7 Å². The summed E-state index contributed by atoms with van der Waals surface area (Å²) < 4.78 is 5.98. The lowest BCUT2D eigenvalue weighted by molar-refractivity contribution is 0.204. The molecule has 0 saturated carbocycles. The van der Waals surface area contributed by atoms with Crippen molar-refractivity contribution >= 4 is 11.8 Å². The summed E-state index contributed by atoms with van der Waals surface area (Å²) >= 11 is 0. The van der Waals surface area contributed by atoms with Crippen molar-refractivity contribution in [1.82, 2.24) is 0 Å². The van der Waals surface area contributed by atoms with Gasteiger partial charge in [-0.25, -0.2) is 0 Å². The number of hydrogen-bond donors (Lipinski definition) is 0.